The highest BCUT2D eigenvalue weighted by molar-refractivity contribution is 5.81. The van der Waals surface area contributed by atoms with E-state index in [1.165, 1.54) is 6.07 Å². The van der Waals surface area contributed by atoms with E-state index in [0.717, 1.165) is 12.1 Å². The van der Waals surface area contributed by atoms with Crippen LogP contribution in [0.1, 0.15) is 12.5 Å². The van der Waals surface area contributed by atoms with Gasteiger partial charge in [0.05, 0.1) is 12.7 Å². The quantitative estimate of drug-likeness (QED) is 0.754. The van der Waals surface area contributed by atoms with E-state index in [0.29, 0.717) is 43.4 Å². The van der Waals surface area contributed by atoms with Crippen LogP contribution in [-0.2, 0) is 11.0 Å². The molecule has 1 fully saturated rings. The molecule has 0 bridgehead atoms. The lowest BCUT2D eigenvalue weighted by atomic mass is 10.1. The predicted molar refractivity (Wildman–Crippen MR) is 103 cm³/mol. The van der Waals surface area contributed by atoms with Gasteiger partial charge in [-0.05, 0) is 37.3 Å². The lowest BCUT2D eigenvalue weighted by Gasteiger charge is -2.37. The van der Waals surface area contributed by atoms with Gasteiger partial charge in [-0.15, -0.1) is 0 Å². The van der Waals surface area contributed by atoms with Crippen LogP contribution in [0.15, 0.2) is 48.5 Å². The third kappa shape index (κ3) is 5.13. The summed E-state index contributed by atoms with van der Waals surface area (Å²) in [7, 11) is 1.55. The number of carbonyl (C=O) groups is 1. The number of piperazine rings is 1. The third-order valence-corrected chi connectivity index (χ3v) is 4.83. The van der Waals surface area contributed by atoms with Crippen molar-refractivity contribution in [2.24, 2.45) is 0 Å². The third-order valence-electron chi connectivity index (χ3n) is 4.83. The number of methoxy groups -OCH3 is 1. The fourth-order valence-electron chi connectivity index (χ4n) is 3.25. The molecule has 1 aliphatic rings. The minimum Gasteiger partial charge on any atom is -0.497 e. The summed E-state index contributed by atoms with van der Waals surface area (Å²) >= 11 is 0. The molecular weight excluding hydrogens is 385 g/mol. The molecule has 0 aliphatic carbocycles. The number of benzene rings is 2. The maximum absolute atomic E-state index is 12.9. The zero-order chi connectivity index (χ0) is 21.0. The number of anilines is 1. The molecule has 1 saturated heterocycles. The van der Waals surface area contributed by atoms with Gasteiger partial charge in [-0.1, -0.05) is 12.1 Å². The lowest BCUT2D eigenvalue weighted by molar-refractivity contribution is -0.138. The second-order valence-corrected chi connectivity index (χ2v) is 6.80. The van der Waals surface area contributed by atoms with Gasteiger partial charge in [0.15, 0.2) is 6.10 Å². The monoisotopic (exact) mass is 408 g/mol. The zero-order valence-corrected chi connectivity index (χ0v) is 16.3. The number of amides is 1. The average Bonchev–Trinajstić information content (AvgIpc) is 2.73. The van der Waals surface area contributed by atoms with Crippen LogP contribution < -0.4 is 14.4 Å². The number of ether oxygens (including phenoxy) is 2. The Hall–Kier alpha value is -2.90. The molecule has 0 spiro atoms. The Balaban J connectivity index is 1.58. The van der Waals surface area contributed by atoms with Crippen LogP contribution in [0.4, 0.5) is 18.9 Å². The van der Waals surface area contributed by atoms with E-state index in [1.807, 2.05) is 4.90 Å². The van der Waals surface area contributed by atoms with Gasteiger partial charge in [0.2, 0.25) is 0 Å². The largest absolute Gasteiger partial charge is 0.497 e. The molecule has 0 aromatic heterocycles. The summed E-state index contributed by atoms with van der Waals surface area (Å²) in [5, 5.41) is 0. The molecule has 0 saturated carbocycles. The highest BCUT2D eigenvalue weighted by Gasteiger charge is 2.31. The first-order chi connectivity index (χ1) is 13.8. The van der Waals surface area contributed by atoms with Crippen LogP contribution in [0, 0.1) is 0 Å². The lowest BCUT2D eigenvalue weighted by Crippen LogP contribution is -2.52. The Bertz CT molecular complexity index is 849. The first-order valence-corrected chi connectivity index (χ1v) is 9.29. The van der Waals surface area contributed by atoms with E-state index in [9.17, 15) is 18.0 Å². The average molecular weight is 408 g/mol. The van der Waals surface area contributed by atoms with E-state index in [1.54, 1.807) is 49.3 Å². The summed E-state index contributed by atoms with van der Waals surface area (Å²) in [4.78, 5) is 16.2. The molecule has 5 nitrogen and oxygen atoms in total. The van der Waals surface area contributed by atoms with Crippen LogP contribution in [0.3, 0.4) is 0 Å². The second-order valence-electron chi connectivity index (χ2n) is 6.80. The van der Waals surface area contributed by atoms with Gasteiger partial charge in [0.25, 0.3) is 5.91 Å². The van der Waals surface area contributed by atoms with Crippen LogP contribution in [0.25, 0.3) is 0 Å². The molecule has 1 heterocycles. The van der Waals surface area contributed by atoms with Gasteiger partial charge >= 0.3 is 6.18 Å². The maximum Gasteiger partial charge on any atom is 0.416 e. The van der Waals surface area contributed by atoms with E-state index in [4.69, 9.17) is 9.47 Å². The Morgan fingerprint density at radius 3 is 2.31 bits per heavy atom. The molecule has 0 radical (unpaired) electrons. The predicted octanol–water partition coefficient (Wildman–Crippen LogP) is 3.83. The Kier molecular flexibility index (Phi) is 6.20. The van der Waals surface area contributed by atoms with Gasteiger partial charge in [-0.2, -0.15) is 13.2 Å². The summed E-state index contributed by atoms with van der Waals surface area (Å²) in [5.41, 5.74) is -0.165. The Morgan fingerprint density at radius 1 is 1.00 bits per heavy atom. The summed E-state index contributed by atoms with van der Waals surface area (Å²) in [6, 6.07) is 12.3. The van der Waals surface area contributed by atoms with Crippen LogP contribution in [0.5, 0.6) is 11.5 Å². The minimum atomic E-state index is -4.37. The Morgan fingerprint density at radius 2 is 1.66 bits per heavy atom. The molecule has 29 heavy (non-hydrogen) atoms. The van der Waals surface area contributed by atoms with E-state index >= 15 is 0 Å². The smallest absolute Gasteiger partial charge is 0.416 e. The number of hydrogen-bond donors (Lipinski definition) is 0. The number of alkyl halides is 3. The molecule has 3 rings (SSSR count). The fourth-order valence-corrected chi connectivity index (χ4v) is 3.25. The first-order valence-electron chi connectivity index (χ1n) is 9.29. The highest BCUT2D eigenvalue weighted by atomic mass is 19.4. The number of nitrogens with zero attached hydrogens (tertiary/aromatic N) is 2. The number of carbonyl (C=O) groups excluding carboxylic acids is 1. The van der Waals surface area contributed by atoms with Crippen molar-refractivity contribution in [1.29, 1.82) is 0 Å². The van der Waals surface area contributed by atoms with E-state index in [2.05, 4.69) is 0 Å². The standard InChI is InChI=1S/C21H23F3N2O3/c1-15(29-19-8-4-7-18(14-19)28-2)20(27)26-11-9-25(10-12-26)17-6-3-5-16(13-17)21(22,23)24/h3-8,13-15H,9-12H2,1-2H3. The van der Waals surface area contributed by atoms with Crippen LogP contribution in [0.2, 0.25) is 0 Å². The summed E-state index contributed by atoms with van der Waals surface area (Å²) in [5.74, 6) is 1.01. The Labute approximate surface area is 167 Å². The molecule has 8 heteroatoms. The summed E-state index contributed by atoms with van der Waals surface area (Å²) < 4.78 is 49.6. The summed E-state index contributed by atoms with van der Waals surface area (Å²) in [6.45, 7) is 3.43. The molecule has 2 aromatic carbocycles. The molecular formula is C21H23F3N2O3. The molecule has 1 unspecified atom stereocenters. The van der Waals surface area contributed by atoms with Gasteiger partial charge in [-0.3, -0.25) is 4.79 Å². The van der Waals surface area contributed by atoms with Gasteiger partial charge in [-0.25, -0.2) is 0 Å². The van der Waals surface area contributed by atoms with Crippen molar-refractivity contribution < 1.29 is 27.4 Å². The van der Waals surface area contributed by atoms with Crippen LogP contribution >= 0.6 is 0 Å². The number of halogens is 3. The molecule has 1 atom stereocenters. The maximum atomic E-state index is 12.9. The van der Waals surface area contributed by atoms with Gasteiger partial charge < -0.3 is 19.3 Å². The molecule has 1 amide bonds. The molecule has 0 N–H and O–H groups in total. The highest BCUT2D eigenvalue weighted by Crippen LogP contribution is 2.32. The van der Waals surface area contributed by atoms with Crippen molar-refractivity contribution in [1.82, 2.24) is 4.90 Å². The van der Waals surface area contributed by atoms with Crippen LogP contribution in [-0.4, -0.2) is 50.2 Å². The van der Waals surface area contributed by atoms with Crippen molar-refractivity contribution >= 4 is 11.6 Å². The molecule has 156 valence electrons. The topological polar surface area (TPSA) is 42.0 Å². The van der Waals surface area contributed by atoms with Gasteiger partial charge in [0, 0.05) is 37.9 Å². The van der Waals surface area contributed by atoms with Crippen molar-refractivity contribution in [2.45, 2.75) is 19.2 Å². The van der Waals surface area contributed by atoms with Crippen molar-refractivity contribution in [3.8, 4) is 11.5 Å². The minimum absolute atomic E-state index is 0.156. The zero-order valence-electron chi connectivity index (χ0n) is 16.3. The SMILES string of the molecule is COc1cccc(OC(C)C(=O)N2CCN(c3cccc(C(F)(F)F)c3)CC2)c1. The second kappa shape index (κ2) is 8.63. The normalized spacial score (nSPS) is 15.8. The molecule has 2 aromatic rings. The molecule has 1 aliphatic heterocycles. The number of rotatable bonds is 5. The van der Waals surface area contributed by atoms with Crippen molar-refractivity contribution in [2.75, 3.05) is 38.2 Å². The van der Waals surface area contributed by atoms with Crippen molar-refractivity contribution in [3.05, 3.63) is 54.1 Å². The van der Waals surface area contributed by atoms with E-state index < -0.39 is 17.8 Å². The van der Waals surface area contributed by atoms with Gasteiger partial charge in [0.1, 0.15) is 11.5 Å². The van der Waals surface area contributed by atoms with Crippen molar-refractivity contribution in [3.63, 3.8) is 0 Å². The summed E-state index contributed by atoms with van der Waals surface area (Å²) in [6.07, 6.45) is -5.05. The number of hydrogen-bond acceptors (Lipinski definition) is 4. The first kappa shape index (κ1) is 20.8. The van der Waals surface area contributed by atoms with E-state index in [-0.39, 0.29) is 5.91 Å². The fraction of sp³-hybridized carbons (Fsp3) is 0.381.